The van der Waals surface area contributed by atoms with E-state index >= 15 is 0 Å². The molecule has 0 unspecified atom stereocenters. The lowest BCUT2D eigenvalue weighted by Gasteiger charge is -2.04. The molecule has 2 rings (SSSR count). The third kappa shape index (κ3) is 3.83. The van der Waals surface area contributed by atoms with E-state index in [1.54, 1.807) is 23.9 Å². The van der Waals surface area contributed by atoms with E-state index in [0.717, 1.165) is 5.69 Å². The molecule has 0 saturated heterocycles. The van der Waals surface area contributed by atoms with E-state index in [4.69, 9.17) is 11.5 Å². The Balaban J connectivity index is 2.24. The second kappa shape index (κ2) is 6.58. The van der Waals surface area contributed by atoms with Gasteiger partial charge in [0.05, 0.1) is 6.54 Å². The van der Waals surface area contributed by atoms with Crippen molar-refractivity contribution in [3.63, 3.8) is 0 Å². The van der Waals surface area contributed by atoms with Gasteiger partial charge in [0.1, 0.15) is 11.5 Å². The number of nitrogens with two attached hydrogens (primary N) is 2. The van der Waals surface area contributed by atoms with Gasteiger partial charge in [0.15, 0.2) is 7.05 Å². The predicted molar refractivity (Wildman–Crippen MR) is 80.7 cm³/mol. The van der Waals surface area contributed by atoms with Crippen LogP contribution in [0.4, 0.5) is 23.0 Å². The second-order valence-electron chi connectivity index (χ2n) is 4.31. The minimum absolute atomic E-state index is 0.105. The smallest absolute Gasteiger partial charge is 0.273 e. The first kappa shape index (κ1) is 14.6. The fourth-order valence-corrected chi connectivity index (χ4v) is 1.73. The van der Waals surface area contributed by atoms with Crippen molar-refractivity contribution in [2.75, 3.05) is 24.6 Å². The number of aromatic nitrogens is 1. The lowest BCUT2D eigenvalue weighted by Crippen LogP contribution is -2.22. The molecule has 0 aliphatic heterocycles. The molecule has 0 radical (unpaired) electrons. The Labute approximate surface area is 122 Å². The summed E-state index contributed by atoms with van der Waals surface area (Å²) in [6.45, 7) is -0.105. The van der Waals surface area contributed by atoms with Crippen molar-refractivity contribution < 1.29 is 9.49 Å². The third-order valence-corrected chi connectivity index (χ3v) is 2.73. The second-order valence-corrected chi connectivity index (χ2v) is 4.31. The molecule has 5 N–H and O–H groups in total. The molecule has 1 aromatic carbocycles. The van der Waals surface area contributed by atoms with Gasteiger partial charge in [-0.05, 0) is 23.3 Å². The molecular weight excluding hydrogens is 268 g/mol. The Morgan fingerprint density at radius 3 is 2.62 bits per heavy atom. The standard InChI is InChI=1S/C14H16N6O/c1-20(19-10-5-3-2-4-6-10)11-7-8-12(18-14(11)16)17-13(21)9-15/h2-8H,9,15H2,1H3,(H2-,16,17,18,19,21)/p+1. The van der Waals surface area contributed by atoms with Crippen LogP contribution >= 0.6 is 0 Å². The first-order chi connectivity index (χ1) is 10.1. The normalized spacial score (nSPS) is 11.2. The van der Waals surface area contributed by atoms with Gasteiger partial charge in [-0.15, -0.1) is 0 Å². The molecule has 0 fully saturated rings. The average molecular weight is 285 g/mol. The maximum Gasteiger partial charge on any atom is 0.273 e. The summed E-state index contributed by atoms with van der Waals surface area (Å²) in [5.41, 5.74) is 12.6. The molecule has 7 heteroatoms. The zero-order valence-electron chi connectivity index (χ0n) is 11.7. The maximum atomic E-state index is 11.2. The first-order valence-corrected chi connectivity index (χ1v) is 6.37. The van der Waals surface area contributed by atoms with Gasteiger partial charge in [0.2, 0.25) is 11.7 Å². The van der Waals surface area contributed by atoms with E-state index in [0.29, 0.717) is 11.5 Å². The molecule has 21 heavy (non-hydrogen) atoms. The van der Waals surface area contributed by atoms with Gasteiger partial charge in [-0.25, -0.2) is 4.98 Å². The Morgan fingerprint density at radius 1 is 1.29 bits per heavy atom. The van der Waals surface area contributed by atoms with E-state index in [9.17, 15) is 4.79 Å². The summed E-state index contributed by atoms with van der Waals surface area (Å²) in [4.78, 5) is 15.3. The van der Waals surface area contributed by atoms with Gasteiger partial charge in [-0.3, -0.25) is 4.79 Å². The number of rotatable bonds is 4. The van der Waals surface area contributed by atoms with Gasteiger partial charge in [-0.1, -0.05) is 22.9 Å². The molecule has 1 aromatic heterocycles. The van der Waals surface area contributed by atoms with E-state index in [2.05, 4.69) is 15.4 Å². The number of nitrogen functional groups attached to an aromatic ring is 1. The molecule has 108 valence electrons. The Hall–Kier alpha value is -2.80. The molecule has 0 spiro atoms. The summed E-state index contributed by atoms with van der Waals surface area (Å²) in [7, 11) is 1.78. The van der Waals surface area contributed by atoms with Crippen molar-refractivity contribution >= 4 is 28.9 Å². The van der Waals surface area contributed by atoms with Crippen LogP contribution in [0.15, 0.2) is 47.6 Å². The number of benzene rings is 1. The number of carbonyl (C=O) groups is 1. The van der Waals surface area contributed by atoms with Crippen molar-refractivity contribution in [1.82, 2.24) is 4.98 Å². The minimum atomic E-state index is -0.322. The lowest BCUT2D eigenvalue weighted by molar-refractivity contribution is -0.475. The number of carbonyl (C=O) groups excluding carboxylic acids is 1. The van der Waals surface area contributed by atoms with E-state index < -0.39 is 0 Å². The van der Waals surface area contributed by atoms with E-state index in [-0.39, 0.29) is 18.3 Å². The van der Waals surface area contributed by atoms with Crippen LogP contribution in [0.3, 0.4) is 0 Å². The summed E-state index contributed by atoms with van der Waals surface area (Å²) in [5.74, 6) is 0.309. The summed E-state index contributed by atoms with van der Waals surface area (Å²) < 4.78 is 1.63. The van der Waals surface area contributed by atoms with Crippen LogP contribution in [0.25, 0.3) is 0 Å². The monoisotopic (exact) mass is 285 g/mol. The van der Waals surface area contributed by atoms with E-state index in [1.807, 2.05) is 30.3 Å². The van der Waals surface area contributed by atoms with Crippen LogP contribution in [0.2, 0.25) is 0 Å². The number of hydrogen-bond acceptors (Lipinski definition) is 5. The number of azo groups is 2. The molecule has 1 heterocycles. The SMILES string of the molecule is C[N+](=Nc1ccccc1)c1ccc(NC(=O)CN)nc1N. The highest BCUT2D eigenvalue weighted by molar-refractivity contribution is 5.91. The zero-order valence-corrected chi connectivity index (χ0v) is 11.7. The van der Waals surface area contributed by atoms with Crippen molar-refractivity contribution in [3.05, 3.63) is 42.5 Å². The van der Waals surface area contributed by atoms with Crippen LogP contribution in [-0.2, 0) is 4.79 Å². The Kier molecular flexibility index (Phi) is 4.57. The quantitative estimate of drug-likeness (QED) is 0.585. The van der Waals surface area contributed by atoms with Crippen LogP contribution in [0, 0.1) is 0 Å². The molecule has 0 saturated carbocycles. The number of pyridine rings is 1. The highest BCUT2D eigenvalue weighted by Crippen LogP contribution is 2.23. The van der Waals surface area contributed by atoms with Crippen LogP contribution in [0.5, 0.6) is 0 Å². The van der Waals surface area contributed by atoms with Crippen molar-refractivity contribution in [1.29, 1.82) is 0 Å². The average Bonchev–Trinajstić information content (AvgIpc) is 2.48. The summed E-state index contributed by atoms with van der Waals surface area (Å²) >= 11 is 0. The molecule has 1 amide bonds. The molecular formula is C14H17N6O+. The Bertz CT molecular complexity index is 668. The van der Waals surface area contributed by atoms with Crippen molar-refractivity contribution in [2.45, 2.75) is 0 Å². The topological polar surface area (TPSA) is 109 Å². The molecule has 0 aliphatic carbocycles. The van der Waals surface area contributed by atoms with Crippen molar-refractivity contribution in [3.8, 4) is 0 Å². The van der Waals surface area contributed by atoms with Gasteiger partial charge < -0.3 is 16.8 Å². The molecule has 0 bridgehead atoms. The molecule has 0 atom stereocenters. The van der Waals surface area contributed by atoms with Crippen molar-refractivity contribution in [2.24, 2.45) is 10.8 Å². The minimum Gasteiger partial charge on any atom is -0.378 e. The van der Waals surface area contributed by atoms with Gasteiger partial charge in [-0.2, -0.15) is 0 Å². The summed E-state index contributed by atoms with van der Waals surface area (Å²) in [5, 5.41) is 6.95. The van der Waals surface area contributed by atoms with Crippen LogP contribution in [-0.4, -0.2) is 29.2 Å². The summed E-state index contributed by atoms with van der Waals surface area (Å²) in [6, 6.07) is 12.9. The largest absolute Gasteiger partial charge is 0.378 e. The van der Waals surface area contributed by atoms with Gasteiger partial charge in [0, 0.05) is 6.07 Å². The van der Waals surface area contributed by atoms with Gasteiger partial charge in [0.25, 0.3) is 5.69 Å². The van der Waals surface area contributed by atoms with Gasteiger partial charge >= 0.3 is 0 Å². The highest BCUT2D eigenvalue weighted by atomic mass is 16.1. The lowest BCUT2D eigenvalue weighted by atomic mass is 10.3. The fourth-order valence-electron chi connectivity index (χ4n) is 1.73. The van der Waals surface area contributed by atoms with Crippen LogP contribution in [0.1, 0.15) is 0 Å². The van der Waals surface area contributed by atoms with E-state index in [1.165, 1.54) is 0 Å². The summed E-state index contributed by atoms with van der Waals surface area (Å²) in [6.07, 6.45) is 0. The third-order valence-electron chi connectivity index (χ3n) is 2.73. The predicted octanol–water partition coefficient (Wildman–Crippen LogP) is 1.62. The number of amides is 1. The molecule has 2 aromatic rings. The highest BCUT2D eigenvalue weighted by Gasteiger charge is 2.14. The molecule has 7 nitrogen and oxygen atoms in total. The maximum absolute atomic E-state index is 11.2. The van der Waals surface area contributed by atoms with Crippen LogP contribution < -0.4 is 16.8 Å². The number of hydrogen-bond donors (Lipinski definition) is 3. The number of nitrogens with zero attached hydrogens (tertiary/aromatic N) is 3. The fraction of sp³-hybridized carbons (Fsp3) is 0.143. The number of nitrogens with one attached hydrogen (secondary N) is 1. The molecule has 0 aliphatic rings. The Morgan fingerprint density at radius 2 is 2.00 bits per heavy atom. The first-order valence-electron chi connectivity index (χ1n) is 6.37. The number of anilines is 2. The zero-order chi connectivity index (χ0) is 15.2.